The van der Waals surface area contributed by atoms with Gasteiger partial charge in [-0.1, -0.05) is 0 Å². The zero-order valence-corrected chi connectivity index (χ0v) is 10.5. The molecule has 0 saturated heterocycles. The van der Waals surface area contributed by atoms with Crippen LogP contribution in [0.5, 0.6) is 0 Å². The van der Waals surface area contributed by atoms with Crippen molar-refractivity contribution in [1.82, 2.24) is 10.2 Å². The minimum atomic E-state index is -0.00162. The molecule has 0 heterocycles. The Morgan fingerprint density at radius 2 is 2.19 bits per heavy atom. The van der Waals surface area contributed by atoms with Crippen LogP contribution in [0.25, 0.3) is 0 Å². The highest BCUT2D eigenvalue weighted by atomic mass is 16.5. The minimum Gasteiger partial charge on any atom is -0.395 e. The Bertz CT molecular complexity index is 186. The minimum absolute atomic E-state index is 0.00162. The van der Waals surface area contributed by atoms with E-state index in [2.05, 4.69) is 5.32 Å². The normalized spacial score (nSPS) is 11.1. The van der Waals surface area contributed by atoms with Crippen LogP contribution in [-0.2, 0) is 9.53 Å². The van der Waals surface area contributed by atoms with Crippen LogP contribution in [0.3, 0.4) is 0 Å². The topological polar surface area (TPSA) is 61.8 Å². The first kappa shape index (κ1) is 15.3. The summed E-state index contributed by atoms with van der Waals surface area (Å²) in [7, 11) is 1.64. The van der Waals surface area contributed by atoms with Gasteiger partial charge in [-0.25, -0.2) is 0 Å². The monoisotopic (exact) mass is 232 g/mol. The van der Waals surface area contributed by atoms with Gasteiger partial charge in [0.05, 0.1) is 13.2 Å². The third-order valence-corrected chi connectivity index (χ3v) is 2.31. The maximum absolute atomic E-state index is 11.5. The summed E-state index contributed by atoms with van der Waals surface area (Å²) >= 11 is 0. The van der Waals surface area contributed by atoms with Crippen molar-refractivity contribution in [3.63, 3.8) is 0 Å². The predicted molar refractivity (Wildman–Crippen MR) is 63.3 cm³/mol. The largest absolute Gasteiger partial charge is 0.395 e. The number of nitrogens with one attached hydrogen (secondary N) is 1. The van der Waals surface area contributed by atoms with E-state index >= 15 is 0 Å². The Hall–Kier alpha value is -0.650. The Kier molecular flexibility index (Phi) is 9.18. The zero-order valence-electron chi connectivity index (χ0n) is 10.5. The molecule has 0 atom stereocenters. The average molecular weight is 232 g/mol. The fourth-order valence-electron chi connectivity index (χ4n) is 1.33. The quantitative estimate of drug-likeness (QED) is 0.542. The fourth-order valence-corrected chi connectivity index (χ4v) is 1.33. The number of ether oxygens (including phenoxy) is 1. The molecule has 1 amide bonds. The number of hydrogen-bond acceptors (Lipinski definition) is 4. The molecule has 0 aliphatic heterocycles. The Morgan fingerprint density at radius 3 is 2.69 bits per heavy atom. The molecule has 5 nitrogen and oxygen atoms in total. The van der Waals surface area contributed by atoms with Crippen molar-refractivity contribution in [3.05, 3.63) is 0 Å². The third-order valence-electron chi connectivity index (χ3n) is 2.31. The van der Waals surface area contributed by atoms with Crippen LogP contribution in [0.15, 0.2) is 0 Å². The van der Waals surface area contributed by atoms with Crippen molar-refractivity contribution in [2.24, 2.45) is 0 Å². The molecule has 0 aromatic heterocycles. The number of rotatable bonds is 9. The maximum Gasteiger partial charge on any atom is 0.234 e. The van der Waals surface area contributed by atoms with Crippen molar-refractivity contribution in [1.29, 1.82) is 0 Å². The molecule has 0 spiro atoms. The molecule has 0 rings (SSSR count). The van der Waals surface area contributed by atoms with Gasteiger partial charge in [-0.2, -0.15) is 0 Å². The molecule has 5 heteroatoms. The van der Waals surface area contributed by atoms with Crippen LogP contribution in [0.1, 0.15) is 20.3 Å². The van der Waals surface area contributed by atoms with E-state index in [1.54, 1.807) is 7.11 Å². The van der Waals surface area contributed by atoms with Gasteiger partial charge in [0.25, 0.3) is 0 Å². The van der Waals surface area contributed by atoms with E-state index in [9.17, 15) is 4.79 Å². The summed E-state index contributed by atoms with van der Waals surface area (Å²) in [5.41, 5.74) is 0. The third kappa shape index (κ3) is 7.62. The van der Waals surface area contributed by atoms with Gasteiger partial charge in [-0.05, 0) is 20.3 Å². The molecule has 0 fully saturated rings. The van der Waals surface area contributed by atoms with E-state index in [0.717, 1.165) is 6.42 Å². The standard InChI is InChI=1S/C11H24N2O3/c1-10(2)13(6-7-14)9-11(15)12-5-4-8-16-3/h10,14H,4-9H2,1-3H3,(H,12,15). The summed E-state index contributed by atoms with van der Waals surface area (Å²) < 4.78 is 4.89. The van der Waals surface area contributed by atoms with Crippen LogP contribution < -0.4 is 5.32 Å². The van der Waals surface area contributed by atoms with Crippen molar-refractivity contribution in [2.75, 3.05) is 40.0 Å². The van der Waals surface area contributed by atoms with Crippen LogP contribution in [0.4, 0.5) is 0 Å². The molecule has 16 heavy (non-hydrogen) atoms. The number of nitrogens with zero attached hydrogens (tertiary/aromatic N) is 1. The first-order chi connectivity index (χ1) is 7.61. The van der Waals surface area contributed by atoms with Crippen molar-refractivity contribution in [2.45, 2.75) is 26.3 Å². The number of amides is 1. The Morgan fingerprint density at radius 1 is 1.50 bits per heavy atom. The Labute approximate surface area is 97.8 Å². The van der Waals surface area contributed by atoms with Crippen molar-refractivity contribution in [3.8, 4) is 0 Å². The van der Waals surface area contributed by atoms with Gasteiger partial charge in [0.2, 0.25) is 5.91 Å². The molecule has 0 unspecified atom stereocenters. The molecule has 0 saturated carbocycles. The van der Waals surface area contributed by atoms with Crippen molar-refractivity contribution >= 4 is 5.91 Å². The summed E-state index contributed by atoms with van der Waals surface area (Å²) in [4.78, 5) is 13.5. The van der Waals surface area contributed by atoms with E-state index in [1.807, 2.05) is 18.7 Å². The number of methoxy groups -OCH3 is 1. The highest BCUT2D eigenvalue weighted by Gasteiger charge is 2.12. The molecule has 0 aliphatic carbocycles. The lowest BCUT2D eigenvalue weighted by Gasteiger charge is -2.24. The average Bonchev–Trinajstić information content (AvgIpc) is 2.23. The first-order valence-corrected chi connectivity index (χ1v) is 5.72. The van der Waals surface area contributed by atoms with E-state index in [1.165, 1.54) is 0 Å². The molecular weight excluding hydrogens is 208 g/mol. The van der Waals surface area contributed by atoms with Gasteiger partial charge in [0.1, 0.15) is 0 Å². The maximum atomic E-state index is 11.5. The first-order valence-electron chi connectivity index (χ1n) is 5.72. The summed E-state index contributed by atoms with van der Waals surface area (Å²) in [6, 6.07) is 0.261. The zero-order chi connectivity index (χ0) is 12.4. The lowest BCUT2D eigenvalue weighted by Crippen LogP contribution is -2.42. The van der Waals surface area contributed by atoms with Crippen LogP contribution in [-0.4, -0.2) is 61.9 Å². The van der Waals surface area contributed by atoms with E-state index in [-0.39, 0.29) is 18.6 Å². The molecule has 0 radical (unpaired) electrons. The molecule has 0 bridgehead atoms. The SMILES string of the molecule is COCCCNC(=O)CN(CCO)C(C)C. The molecular formula is C11H24N2O3. The summed E-state index contributed by atoms with van der Waals surface area (Å²) in [6.07, 6.45) is 0.823. The Balaban J connectivity index is 3.73. The van der Waals surface area contributed by atoms with Crippen LogP contribution in [0.2, 0.25) is 0 Å². The lowest BCUT2D eigenvalue weighted by molar-refractivity contribution is -0.122. The van der Waals surface area contributed by atoms with E-state index < -0.39 is 0 Å². The van der Waals surface area contributed by atoms with Gasteiger partial charge in [0, 0.05) is 32.8 Å². The molecule has 96 valence electrons. The number of carbonyl (C=O) groups is 1. The summed E-state index contributed by atoms with van der Waals surface area (Å²) in [5.74, 6) is -0.00162. The highest BCUT2D eigenvalue weighted by Crippen LogP contribution is 1.96. The van der Waals surface area contributed by atoms with Crippen molar-refractivity contribution < 1.29 is 14.6 Å². The number of aliphatic hydroxyl groups excluding tert-OH is 1. The molecule has 2 N–H and O–H groups in total. The lowest BCUT2D eigenvalue weighted by atomic mass is 10.3. The number of carbonyl (C=O) groups excluding carboxylic acids is 1. The second-order valence-corrected chi connectivity index (χ2v) is 3.98. The fraction of sp³-hybridized carbons (Fsp3) is 0.909. The summed E-state index contributed by atoms with van der Waals surface area (Å²) in [6.45, 7) is 6.26. The van der Waals surface area contributed by atoms with E-state index in [0.29, 0.717) is 26.2 Å². The number of hydrogen-bond donors (Lipinski definition) is 2. The van der Waals surface area contributed by atoms with Crippen LogP contribution >= 0.6 is 0 Å². The number of aliphatic hydroxyl groups is 1. The van der Waals surface area contributed by atoms with Crippen LogP contribution in [0, 0.1) is 0 Å². The van der Waals surface area contributed by atoms with Gasteiger partial charge < -0.3 is 15.2 Å². The second-order valence-electron chi connectivity index (χ2n) is 3.98. The van der Waals surface area contributed by atoms with Gasteiger partial charge in [0.15, 0.2) is 0 Å². The highest BCUT2D eigenvalue weighted by molar-refractivity contribution is 5.77. The smallest absolute Gasteiger partial charge is 0.234 e. The van der Waals surface area contributed by atoms with Gasteiger partial charge >= 0.3 is 0 Å². The van der Waals surface area contributed by atoms with Gasteiger partial charge in [-0.3, -0.25) is 9.69 Å². The molecule has 0 aromatic carbocycles. The van der Waals surface area contributed by atoms with Gasteiger partial charge in [-0.15, -0.1) is 0 Å². The second kappa shape index (κ2) is 9.57. The van der Waals surface area contributed by atoms with E-state index in [4.69, 9.17) is 9.84 Å². The molecule has 0 aliphatic rings. The summed E-state index contributed by atoms with van der Waals surface area (Å²) in [5, 5.41) is 11.7. The molecule has 0 aromatic rings. The predicted octanol–water partition coefficient (Wildman–Crippen LogP) is -0.158.